The van der Waals surface area contributed by atoms with Crippen LogP contribution in [0.15, 0.2) is 48.0 Å². The maximum Gasteiger partial charge on any atom is 0.335 e. The van der Waals surface area contributed by atoms with Crippen LogP contribution in [0.2, 0.25) is 0 Å². The Morgan fingerprint density at radius 1 is 1.16 bits per heavy atom. The lowest BCUT2D eigenvalue weighted by Gasteiger charge is -2.27. The van der Waals surface area contributed by atoms with Gasteiger partial charge in [0.1, 0.15) is 11.7 Å². The Balaban J connectivity index is 1.98. The van der Waals surface area contributed by atoms with E-state index in [1.807, 2.05) is 0 Å². The fourth-order valence-corrected chi connectivity index (χ4v) is 3.08. The molecule has 9 heteroatoms. The molecule has 32 heavy (non-hydrogen) atoms. The molecule has 1 aliphatic heterocycles. The summed E-state index contributed by atoms with van der Waals surface area (Å²) in [5.41, 5.74) is 1.22. The number of imide groups is 2. The van der Waals surface area contributed by atoms with Crippen LogP contribution in [0.3, 0.4) is 0 Å². The minimum absolute atomic E-state index is 0.168. The average Bonchev–Trinajstić information content (AvgIpc) is 2.74. The summed E-state index contributed by atoms with van der Waals surface area (Å²) < 4.78 is 10.8. The molecule has 0 bridgehead atoms. The molecule has 0 saturated carbocycles. The summed E-state index contributed by atoms with van der Waals surface area (Å²) in [4.78, 5) is 49.7. The van der Waals surface area contributed by atoms with E-state index in [1.165, 1.54) is 31.2 Å². The molecule has 1 fully saturated rings. The summed E-state index contributed by atoms with van der Waals surface area (Å²) in [5.74, 6) is -2.58. The molecule has 2 aromatic carbocycles. The number of nitrogens with one attached hydrogen (secondary N) is 1. The van der Waals surface area contributed by atoms with Gasteiger partial charge in [0.25, 0.3) is 11.8 Å². The smallest absolute Gasteiger partial charge is 0.335 e. The Hall–Kier alpha value is -4.14. The van der Waals surface area contributed by atoms with Gasteiger partial charge in [0, 0.05) is 0 Å². The number of ether oxygens (including phenoxy) is 2. The second-order valence-electron chi connectivity index (χ2n) is 6.96. The monoisotopic (exact) mass is 437 g/mol. The highest BCUT2D eigenvalue weighted by Gasteiger charge is 2.37. The molecule has 1 atom stereocenters. The van der Waals surface area contributed by atoms with E-state index in [0.717, 1.165) is 4.90 Å². The summed E-state index contributed by atoms with van der Waals surface area (Å²) in [6.45, 7) is 5.07. The number of nitrogens with zero attached hydrogens (tertiary/aromatic N) is 1. The Labute approximate surface area is 184 Å². The number of carbonyl (C=O) groups excluding carboxylic acids is 4. The number of hydrogen-bond donors (Lipinski definition) is 1. The molecule has 2 aromatic rings. The van der Waals surface area contributed by atoms with Crippen LogP contribution in [0.5, 0.6) is 11.5 Å². The SMILES string of the molecule is CCOc1cc(/C=C2/C(=O)NC(=O)N(c3ccccc3C)C2=O)ccc1O[C@H](C)C(=O)[O-]. The van der Waals surface area contributed by atoms with Crippen molar-refractivity contribution in [3.05, 3.63) is 59.2 Å². The highest BCUT2D eigenvalue weighted by molar-refractivity contribution is 6.39. The van der Waals surface area contributed by atoms with Gasteiger partial charge in [-0.3, -0.25) is 14.9 Å². The molecule has 166 valence electrons. The second kappa shape index (κ2) is 9.34. The van der Waals surface area contributed by atoms with Crippen LogP contribution < -0.4 is 24.8 Å². The van der Waals surface area contributed by atoms with Crippen molar-refractivity contribution in [1.82, 2.24) is 5.32 Å². The van der Waals surface area contributed by atoms with E-state index in [1.54, 1.807) is 38.1 Å². The van der Waals surface area contributed by atoms with Crippen LogP contribution in [0.1, 0.15) is 25.0 Å². The van der Waals surface area contributed by atoms with Crippen LogP contribution in [-0.2, 0) is 14.4 Å². The normalized spacial score (nSPS) is 16.0. The fourth-order valence-electron chi connectivity index (χ4n) is 3.08. The second-order valence-corrected chi connectivity index (χ2v) is 6.96. The number of carboxylic acids is 1. The van der Waals surface area contributed by atoms with E-state index in [9.17, 15) is 24.3 Å². The van der Waals surface area contributed by atoms with E-state index < -0.39 is 29.9 Å². The molecular formula is C23H21N2O7-. The fraction of sp³-hybridized carbons (Fsp3) is 0.217. The molecule has 0 aromatic heterocycles. The van der Waals surface area contributed by atoms with Gasteiger partial charge in [-0.1, -0.05) is 24.3 Å². The summed E-state index contributed by atoms with van der Waals surface area (Å²) in [6, 6.07) is 10.5. The van der Waals surface area contributed by atoms with Crippen LogP contribution in [-0.4, -0.2) is 36.5 Å². The van der Waals surface area contributed by atoms with E-state index in [4.69, 9.17) is 9.47 Å². The lowest BCUT2D eigenvalue weighted by Crippen LogP contribution is -2.54. The van der Waals surface area contributed by atoms with E-state index >= 15 is 0 Å². The zero-order chi connectivity index (χ0) is 23.4. The zero-order valence-electron chi connectivity index (χ0n) is 17.7. The quantitative estimate of drug-likeness (QED) is 0.515. The highest BCUT2D eigenvalue weighted by Crippen LogP contribution is 2.31. The lowest BCUT2D eigenvalue weighted by atomic mass is 10.1. The van der Waals surface area contributed by atoms with Crippen molar-refractivity contribution in [3.8, 4) is 11.5 Å². The number of aryl methyl sites for hydroxylation is 1. The van der Waals surface area contributed by atoms with Crippen molar-refractivity contribution in [1.29, 1.82) is 0 Å². The van der Waals surface area contributed by atoms with Gasteiger partial charge in [-0.15, -0.1) is 0 Å². The third-order valence-electron chi connectivity index (χ3n) is 4.67. The first-order valence-electron chi connectivity index (χ1n) is 9.84. The van der Waals surface area contributed by atoms with Gasteiger partial charge in [0.15, 0.2) is 11.5 Å². The van der Waals surface area contributed by atoms with Gasteiger partial charge >= 0.3 is 6.03 Å². The summed E-state index contributed by atoms with van der Waals surface area (Å²) in [6.07, 6.45) is 0.113. The van der Waals surface area contributed by atoms with Crippen LogP contribution in [0, 0.1) is 6.92 Å². The van der Waals surface area contributed by atoms with Crippen molar-refractivity contribution in [2.24, 2.45) is 0 Å². The molecule has 1 N–H and O–H groups in total. The number of anilines is 1. The third-order valence-corrected chi connectivity index (χ3v) is 4.67. The number of hydrogen-bond acceptors (Lipinski definition) is 7. The summed E-state index contributed by atoms with van der Waals surface area (Å²) in [7, 11) is 0. The third kappa shape index (κ3) is 4.61. The molecule has 0 radical (unpaired) electrons. The number of carbonyl (C=O) groups is 4. The van der Waals surface area contributed by atoms with Crippen molar-refractivity contribution in [2.45, 2.75) is 26.9 Å². The maximum atomic E-state index is 13.0. The molecule has 1 saturated heterocycles. The highest BCUT2D eigenvalue weighted by atomic mass is 16.5. The van der Waals surface area contributed by atoms with Gasteiger partial charge in [-0.25, -0.2) is 9.69 Å². The van der Waals surface area contributed by atoms with Crippen molar-refractivity contribution >= 4 is 35.6 Å². The number of rotatable bonds is 7. The molecule has 0 aliphatic carbocycles. The number of amides is 4. The van der Waals surface area contributed by atoms with Crippen molar-refractivity contribution < 1.29 is 33.8 Å². The van der Waals surface area contributed by atoms with E-state index in [-0.39, 0.29) is 23.7 Å². The van der Waals surface area contributed by atoms with Gasteiger partial charge in [0.05, 0.1) is 18.3 Å². The van der Waals surface area contributed by atoms with Gasteiger partial charge in [-0.05, 0) is 56.2 Å². The van der Waals surface area contributed by atoms with Gasteiger partial charge in [0.2, 0.25) is 0 Å². The minimum Gasteiger partial charge on any atom is -0.546 e. The number of para-hydroxylation sites is 1. The average molecular weight is 437 g/mol. The summed E-state index contributed by atoms with van der Waals surface area (Å²) >= 11 is 0. The molecule has 1 heterocycles. The Bertz CT molecular complexity index is 1120. The predicted molar refractivity (Wildman–Crippen MR) is 113 cm³/mol. The predicted octanol–water partition coefficient (Wildman–Crippen LogP) is 1.58. The minimum atomic E-state index is -1.39. The number of urea groups is 1. The van der Waals surface area contributed by atoms with Crippen LogP contribution >= 0.6 is 0 Å². The Kier molecular flexibility index (Phi) is 6.58. The van der Waals surface area contributed by atoms with Gasteiger partial charge in [-0.2, -0.15) is 0 Å². The lowest BCUT2D eigenvalue weighted by molar-refractivity contribution is -0.312. The molecule has 9 nitrogen and oxygen atoms in total. The molecule has 4 amide bonds. The molecule has 3 rings (SSSR count). The van der Waals surface area contributed by atoms with Crippen LogP contribution in [0.25, 0.3) is 6.08 Å². The number of aliphatic carboxylic acids is 1. The molecule has 0 unspecified atom stereocenters. The molecule has 1 aliphatic rings. The van der Waals surface area contributed by atoms with Gasteiger partial charge < -0.3 is 19.4 Å². The first kappa shape index (κ1) is 22.5. The number of barbiturate groups is 1. The number of benzene rings is 2. The topological polar surface area (TPSA) is 125 Å². The van der Waals surface area contributed by atoms with E-state index in [0.29, 0.717) is 16.8 Å². The molecular weight excluding hydrogens is 416 g/mol. The van der Waals surface area contributed by atoms with E-state index in [2.05, 4.69) is 5.32 Å². The van der Waals surface area contributed by atoms with Crippen molar-refractivity contribution in [2.75, 3.05) is 11.5 Å². The maximum absolute atomic E-state index is 13.0. The Morgan fingerprint density at radius 2 is 1.88 bits per heavy atom. The first-order valence-corrected chi connectivity index (χ1v) is 9.84. The Morgan fingerprint density at radius 3 is 2.53 bits per heavy atom. The number of carboxylic acid groups (broad SMARTS) is 1. The zero-order valence-corrected chi connectivity index (χ0v) is 17.7. The first-order chi connectivity index (χ1) is 15.2. The van der Waals surface area contributed by atoms with Crippen LogP contribution in [0.4, 0.5) is 10.5 Å². The largest absolute Gasteiger partial charge is 0.546 e. The summed E-state index contributed by atoms with van der Waals surface area (Å²) in [5, 5.41) is 13.1. The molecule has 0 spiro atoms. The van der Waals surface area contributed by atoms with Crippen molar-refractivity contribution in [3.63, 3.8) is 0 Å². The standard InChI is InChI=1S/C23H22N2O7/c1-4-31-19-12-15(9-10-18(19)32-14(3)22(28)29)11-16-20(26)24-23(30)25(21(16)27)17-8-6-5-7-13(17)2/h5-12,14H,4H2,1-3H3,(H,28,29)(H,24,26,30)/p-1/b16-11-/t14-/m1/s1.